The maximum atomic E-state index is 12.6. The molecular weight excluding hydrogens is 404 g/mol. The molecule has 0 aromatic heterocycles. The number of piperazine rings is 1. The third-order valence-electron chi connectivity index (χ3n) is 6.37. The zero-order valence-corrected chi connectivity index (χ0v) is 19.1. The molecule has 164 valence electrons. The van der Waals surface area contributed by atoms with Crippen molar-refractivity contribution in [2.24, 2.45) is 0 Å². The first-order valence-corrected chi connectivity index (χ1v) is 12.3. The van der Waals surface area contributed by atoms with Gasteiger partial charge in [0.1, 0.15) is 0 Å². The molecule has 31 heavy (non-hydrogen) atoms. The van der Waals surface area contributed by atoms with Crippen LogP contribution in [0, 0.1) is 0 Å². The second-order valence-corrected chi connectivity index (χ2v) is 9.48. The molecule has 4 rings (SSSR count). The first-order valence-electron chi connectivity index (χ1n) is 11.4. The van der Waals surface area contributed by atoms with E-state index in [2.05, 4.69) is 30.0 Å². The number of rotatable bonds is 6. The molecule has 2 atom stereocenters. The van der Waals surface area contributed by atoms with Crippen LogP contribution in [0.15, 0.2) is 59.5 Å². The van der Waals surface area contributed by atoms with E-state index in [1.54, 1.807) is 6.08 Å². The minimum atomic E-state index is -0.498. The Kier molecular flexibility index (Phi) is 7.49. The van der Waals surface area contributed by atoms with Gasteiger partial charge in [0.25, 0.3) is 0 Å². The summed E-state index contributed by atoms with van der Waals surface area (Å²) in [5.74, 6) is 1.25. The standard InChI is InChI=1S/C26H32N2O2S/c1-2-23(26(30)22-11-12-24-21(19-22)9-6-18-31-24)27-14-16-28(17-15-27)25(29)13-10-20-7-4-3-5-8-20/h3-5,7-8,10-13,19,23,26,30H,2,6,9,14-18H2,1H3. The number of aliphatic hydroxyl groups is 1. The number of carbonyl (C=O) groups excluding carboxylic acids is 1. The highest BCUT2D eigenvalue weighted by atomic mass is 32.2. The Labute approximate surface area is 189 Å². The third-order valence-corrected chi connectivity index (χ3v) is 7.57. The number of carbonyl (C=O) groups is 1. The zero-order chi connectivity index (χ0) is 21.6. The number of amides is 1. The number of hydrogen-bond donors (Lipinski definition) is 1. The molecule has 0 radical (unpaired) electrons. The van der Waals surface area contributed by atoms with E-state index in [1.165, 1.54) is 22.6 Å². The lowest BCUT2D eigenvalue weighted by molar-refractivity contribution is -0.128. The van der Waals surface area contributed by atoms with Gasteiger partial charge in [-0.1, -0.05) is 49.4 Å². The molecule has 0 bridgehead atoms. The summed E-state index contributed by atoms with van der Waals surface area (Å²) in [4.78, 5) is 18.2. The molecule has 1 saturated heterocycles. The molecule has 2 unspecified atom stereocenters. The van der Waals surface area contributed by atoms with Crippen LogP contribution in [0.1, 0.15) is 42.6 Å². The summed E-state index contributed by atoms with van der Waals surface area (Å²) in [5, 5.41) is 11.2. The first kappa shape index (κ1) is 22.1. The molecule has 4 nitrogen and oxygen atoms in total. The van der Waals surface area contributed by atoms with Crippen LogP contribution >= 0.6 is 11.8 Å². The molecule has 1 fully saturated rings. The molecule has 0 saturated carbocycles. The summed E-state index contributed by atoms with van der Waals surface area (Å²) in [7, 11) is 0. The zero-order valence-electron chi connectivity index (χ0n) is 18.2. The second kappa shape index (κ2) is 10.5. The summed E-state index contributed by atoms with van der Waals surface area (Å²) in [6.07, 6.45) is 6.25. The minimum Gasteiger partial charge on any atom is -0.387 e. The van der Waals surface area contributed by atoms with Crippen LogP contribution in [0.25, 0.3) is 6.08 Å². The number of nitrogens with zero attached hydrogens (tertiary/aromatic N) is 2. The van der Waals surface area contributed by atoms with Crippen LogP contribution in [0.4, 0.5) is 0 Å². The van der Waals surface area contributed by atoms with Gasteiger partial charge in [0.2, 0.25) is 5.91 Å². The smallest absolute Gasteiger partial charge is 0.246 e. The summed E-state index contributed by atoms with van der Waals surface area (Å²) in [5.41, 5.74) is 3.44. The summed E-state index contributed by atoms with van der Waals surface area (Å²) < 4.78 is 0. The fourth-order valence-electron chi connectivity index (χ4n) is 4.58. The van der Waals surface area contributed by atoms with Crippen molar-refractivity contribution in [3.05, 3.63) is 71.3 Å². The number of aryl methyl sites for hydroxylation is 1. The van der Waals surface area contributed by atoms with E-state index in [4.69, 9.17) is 0 Å². The van der Waals surface area contributed by atoms with E-state index in [0.29, 0.717) is 13.1 Å². The van der Waals surface area contributed by atoms with Gasteiger partial charge in [0.15, 0.2) is 0 Å². The number of aliphatic hydroxyl groups excluding tert-OH is 1. The van der Waals surface area contributed by atoms with Gasteiger partial charge < -0.3 is 10.0 Å². The van der Waals surface area contributed by atoms with Crippen molar-refractivity contribution in [1.82, 2.24) is 9.80 Å². The predicted molar refractivity (Wildman–Crippen MR) is 128 cm³/mol. The predicted octanol–water partition coefficient (Wildman–Crippen LogP) is 4.39. The van der Waals surface area contributed by atoms with Gasteiger partial charge >= 0.3 is 0 Å². The average molecular weight is 437 g/mol. The highest BCUT2D eigenvalue weighted by molar-refractivity contribution is 7.99. The van der Waals surface area contributed by atoms with Crippen LogP contribution in [0.5, 0.6) is 0 Å². The van der Waals surface area contributed by atoms with Gasteiger partial charge in [-0.05, 0) is 53.8 Å². The molecule has 0 aliphatic carbocycles. The maximum absolute atomic E-state index is 12.6. The van der Waals surface area contributed by atoms with Gasteiger partial charge in [-0.25, -0.2) is 0 Å². The van der Waals surface area contributed by atoms with Crippen molar-refractivity contribution in [3.63, 3.8) is 0 Å². The van der Waals surface area contributed by atoms with Gasteiger partial charge in [0.05, 0.1) is 6.10 Å². The normalized spacial score (nSPS) is 19.2. The molecule has 2 aromatic carbocycles. The monoisotopic (exact) mass is 436 g/mol. The van der Waals surface area contributed by atoms with Crippen molar-refractivity contribution in [2.75, 3.05) is 31.9 Å². The maximum Gasteiger partial charge on any atom is 0.246 e. The van der Waals surface area contributed by atoms with Crippen molar-refractivity contribution in [1.29, 1.82) is 0 Å². The molecule has 2 aromatic rings. The average Bonchev–Trinajstić information content (AvgIpc) is 2.83. The molecule has 1 N–H and O–H groups in total. The van der Waals surface area contributed by atoms with Crippen LogP contribution in [-0.4, -0.2) is 58.8 Å². The van der Waals surface area contributed by atoms with Crippen molar-refractivity contribution < 1.29 is 9.90 Å². The van der Waals surface area contributed by atoms with Gasteiger partial charge in [-0.2, -0.15) is 0 Å². The molecule has 2 aliphatic heterocycles. The number of benzene rings is 2. The van der Waals surface area contributed by atoms with Crippen LogP contribution in [-0.2, 0) is 11.2 Å². The fourth-order valence-corrected chi connectivity index (χ4v) is 5.60. The second-order valence-electron chi connectivity index (χ2n) is 8.34. The highest BCUT2D eigenvalue weighted by Crippen LogP contribution is 2.33. The Hall–Kier alpha value is -2.08. The van der Waals surface area contributed by atoms with Crippen LogP contribution < -0.4 is 0 Å². The van der Waals surface area contributed by atoms with E-state index in [0.717, 1.165) is 37.1 Å². The van der Waals surface area contributed by atoms with E-state index in [-0.39, 0.29) is 11.9 Å². The largest absolute Gasteiger partial charge is 0.387 e. The summed E-state index contributed by atoms with van der Waals surface area (Å²) >= 11 is 1.92. The minimum absolute atomic E-state index is 0.0595. The van der Waals surface area contributed by atoms with Crippen LogP contribution in [0.3, 0.4) is 0 Å². The first-order chi connectivity index (χ1) is 15.2. The van der Waals surface area contributed by atoms with Crippen LogP contribution in [0.2, 0.25) is 0 Å². The van der Waals surface area contributed by atoms with Crippen molar-refractivity contribution in [3.8, 4) is 0 Å². The van der Waals surface area contributed by atoms with E-state index >= 15 is 0 Å². The Morgan fingerprint density at radius 2 is 1.90 bits per heavy atom. The van der Waals surface area contributed by atoms with E-state index in [1.807, 2.05) is 53.1 Å². The molecule has 1 amide bonds. The SMILES string of the molecule is CCC(C(O)c1ccc2c(c1)CCCS2)N1CCN(C(=O)C=Cc2ccccc2)CC1. The van der Waals surface area contributed by atoms with Gasteiger partial charge in [0, 0.05) is 43.2 Å². The van der Waals surface area contributed by atoms with Gasteiger partial charge in [-0.3, -0.25) is 9.69 Å². The molecule has 2 heterocycles. The summed E-state index contributed by atoms with van der Waals surface area (Å²) in [6, 6.07) is 16.5. The summed E-state index contributed by atoms with van der Waals surface area (Å²) in [6.45, 7) is 5.12. The molecule has 0 spiro atoms. The lowest BCUT2D eigenvalue weighted by Gasteiger charge is -2.40. The Balaban J connectivity index is 1.35. The lowest BCUT2D eigenvalue weighted by Crippen LogP contribution is -2.53. The number of fused-ring (bicyclic) bond motifs is 1. The quantitative estimate of drug-likeness (QED) is 0.682. The molecule has 5 heteroatoms. The Morgan fingerprint density at radius 3 is 2.65 bits per heavy atom. The third kappa shape index (κ3) is 5.40. The van der Waals surface area contributed by atoms with Gasteiger partial charge in [-0.15, -0.1) is 11.8 Å². The van der Waals surface area contributed by atoms with E-state index in [9.17, 15) is 9.90 Å². The van der Waals surface area contributed by atoms with E-state index < -0.39 is 6.10 Å². The number of hydrogen-bond acceptors (Lipinski definition) is 4. The lowest BCUT2D eigenvalue weighted by atomic mass is 9.95. The molecular formula is C26H32N2O2S. The molecule has 2 aliphatic rings. The van der Waals surface area contributed by atoms with Crippen molar-refractivity contribution in [2.45, 2.75) is 43.2 Å². The Morgan fingerprint density at radius 1 is 1.13 bits per heavy atom. The Bertz CT molecular complexity index is 907. The topological polar surface area (TPSA) is 43.8 Å². The number of thioether (sulfide) groups is 1. The van der Waals surface area contributed by atoms with Crippen molar-refractivity contribution >= 4 is 23.7 Å². The fraction of sp³-hybridized carbons (Fsp3) is 0.423. The highest BCUT2D eigenvalue weighted by Gasteiger charge is 2.30.